The van der Waals surface area contributed by atoms with E-state index in [1.54, 1.807) is 12.1 Å². The number of carbonyl (C=O) groups excluding carboxylic acids is 2. The topological polar surface area (TPSA) is 73.2 Å². The van der Waals surface area contributed by atoms with Crippen LogP contribution in [0, 0.1) is 11.3 Å². The molecule has 1 N–H and O–H groups in total. The predicted octanol–water partition coefficient (Wildman–Crippen LogP) is 5.34. The van der Waals surface area contributed by atoms with Crippen molar-refractivity contribution in [2.24, 2.45) is 0 Å². The van der Waals surface area contributed by atoms with Crippen molar-refractivity contribution in [3.05, 3.63) is 86.6 Å². The third kappa shape index (κ3) is 4.44. The second-order valence-electron chi connectivity index (χ2n) is 8.29. The molecule has 0 aliphatic carbocycles. The summed E-state index contributed by atoms with van der Waals surface area (Å²) in [6.07, 6.45) is 0.833. The minimum atomic E-state index is -0.505. The second-order valence-corrected chi connectivity index (χ2v) is 9.72. The lowest BCUT2D eigenvalue weighted by atomic mass is 9.81. The molecule has 0 aromatic heterocycles. The van der Waals surface area contributed by atoms with Gasteiger partial charge in [0.15, 0.2) is 5.78 Å². The van der Waals surface area contributed by atoms with Crippen molar-refractivity contribution < 1.29 is 9.59 Å². The molecule has 2 atom stereocenters. The number of rotatable bonds is 5. The number of Topliss-reactive ketones (excluding diaryl/α,β-unsaturated/α-hetero) is 1. The van der Waals surface area contributed by atoms with E-state index in [1.807, 2.05) is 49.1 Å². The molecule has 0 spiro atoms. The van der Waals surface area contributed by atoms with Crippen LogP contribution in [0.1, 0.15) is 37.8 Å². The molecule has 2 aliphatic rings. The zero-order chi connectivity index (χ0) is 23.7. The average Bonchev–Trinajstić information content (AvgIpc) is 3.13. The van der Waals surface area contributed by atoms with Gasteiger partial charge < -0.3 is 10.2 Å². The predicted molar refractivity (Wildman–Crippen MR) is 133 cm³/mol. The fourth-order valence-corrected chi connectivity index (χ4v) is 5.71. The van der Waals surface area contributed by atoms with Gasteiger partial charge in [-0.3, -0.25) is 9.59 Å². The third-order valence-corrected chi connectivity index (χ3v) is 7.30. The number of amides is 1. The first kappa shape index (κ1) is 23.2. The Kier molecular flexibility index (Phi) is 6.64. The third-order valence-electron chi connectivity index (χ3n) is 6.05. The summed E-state index contributed by atoms with van der Waals surface area (Å²) in [5.74, 6) is -0.432. The molecule has 4 rings (SSSR count). The van der Waals surface area contributed by atoms with Crippen LogP contribution in [0.2, 0.25) is 5.02 Å². The molecule has 2 aromatic carbocycles. The molecule has 33 heavy (non-hydrogen) atoms. The van der Waals surface area contributed by atoms with Crippen LogP contribution in [0.15, 0.2) is 70.4 Å². The Bertz CT molecular complexity index is 1230. The zero-order valence-electron chi connectivity index (χ0n) is 18.7. The molecular weight excluding hydrogens is 454 g/mol. The summed E-state index contributed by atoms with van der Waals surface area (Å²) in [4.78, 5) is 27.5. The molecule has 0 unspecified atom stereocenters. The Labute approximate surface area is 203 Å². The van der Waals surface area contributed by atoms with Gasteiger partial charge in [0.05, 0.1) is 28.3 Å². The number of nitrogens with zero attached hydrogens (tertiary/aromatic N) is 2. The van der Waals surface area contributed by atoms with Crippen molar-refractivity contribution in [3.8, 4) is 6.07 Å². The number of anilines is 1. The van der Waals surface area contributed by atoms with Gasteiger partial charge in [-0.15, -0.1) is 0 Å². The van der Waals surface area contributed by atoms with Crippen LogP contribution >= 0.6 is 23.4 Å². The number of nitrogens with one attached hydrogen (secondary N) is 1. The van der Waals surface area contributed by atoms with Crippen LogP contribution in [0.5, 0.6) is 0 Å². The number of fused-ring (bicyclic) bond motifs is 1. The van der Waals surface area contributed by atoms with E-state index in [2.05, 4.69) is 17.5 Å². The molecule has 5 nitrogen and oxygen atoms in total. The van der Waals surface area contributed by atoms with Gasteiger partial charge in [0.25, 0.3) is 0 Å². The fraction of sp³-hybridized carbons (Fsp3) is 0.269. The average molecular weight is 478 g/mol. The maximum absolute atomic E-state index is 13.2. The number of para-hydroxylation sites is 1. The highest BCUT2D eigenvalue weighted by Gasteiger charge is 2.34. The normalized spacial score (nSPS) is 19.8. The van der Waals surface area contributed by atoms with Gasteiger partial charge in [-0.05, 0) is 56.5 Å². The minimum Gasteiger partial charge on any atom is -0.353 e. The molecule has 0 fully saturated rings. The highest BCUT2D eigenvalue weighted by atomic mass is 35.5. The van der Waals surface area contributed by atoms with Crippen LogP contribution in [0.25, 0.3) is 0 Å². The zero-order valence-corrected chi connectivity index (χ0v) is 20.3. The Morgan fingerprint density at radius 2 is 1.91 bits per heavy atom. The number of nitriles is 1. The van der Waals surface area contributed by atoms with Crippen molar-refractivity contribution >= 4 is 40.7 Å². The SMILES string of the molecule is CC(=O)C1=C(C)NC(SCC(=O)N2c3ccccc3C[C@@H]2C)=C(C#N)[C@H]1c1ccc(Cl)cc1. The summed E-state index contributed by atoms with van der Waals surface area (Å²) in [6, 6.07) is 17.5. The van der Waals surface area contributed by atoms with Crippen molar-refractivity contribution in [2.45, 2.75) is 39.2 Å². The first-order valence-electron chi connectivity index (χ1n) is 10.7. The number of carbonyl (C=O) groups is 2. The van der Waals surface area contributed by atoms with Gasteiger partial charge in [-0.25, -0.2) is 0 Å². The summed E-state index contributed by atoms with van der Waals surface area (Å²) in [7, 11) is 0. The summed E-state index contributed by atoms with van der Waals surface area (Å²) in [6.45, 7) is 5.38. The number of halogens is 1. The van der Waals surface area contributed by atoms with E-state index in [-0.39, 0.29) is 23.5 Å². The number of dihydropyridines is 1. The van der Waals surface area contributed by atoms with Crippen LogP contribution < -0.4 is 10.2 Å². The van der Waals surface area contributed by atoms with Gasteiger partial charge in [-0.2, -0.15) is 5.26 Å². The van der Waals surface area contributed by atoms with Gasteiger partial charge in [0.2, 0.25) is 5.91 Å². The van der Waals surface area contributed by atoms with Gasteiger partial charge in [-0.1, -0.05) is 53.7 Å². The molecule has 0 bridgehead atoms. The van der Waals surface area contributed by atoms with Gasteiger partial charge >= 0.3 is 0 Å². The number of allylic oxidation sites excluding steroid dienone is 3. The lowest BCUT2D eigenvalue weighted by Crippen LogP contribution is -2.37. The maximum Gasteiger partial charge on any atom is 0.237 e. The van der Waals surface area contributed by atoms with E-state index < -0.39 is 5.92 Å². The Morgan fingerprint density at radius 1 is 1.21 bits per heavy atom. The number of hydrogen-bond donors (Lipinski definition) is 1. The van der Waals surface area contributed by atoms with E-state index in [0.717, 1.165) is 17.7 Å². The van der Waals surface area contributed by atoms with Crippen molar-refractivity contribution in [1.29, 1.82) is 5.26 Å². The lowest BCUT2D eigenvalue weighted by Gasteiger charge is -2.30. The quantitative estimate of drug-likeness (QED) is 0.629. The minimum absolute atomic E-state index is 0.00826. The number of ketones is 1. The Hall–Kier alpha value is -3.01. The molecule has 2 aliphatic heterocycles. The van der Waals surface area contributed by atoms with E-state index in [9.17, 15) is 14.9 Å². The summed E-state index contributed by atoms with van der Waals surface area (Å²) < 4.78 is 0. The summed E-state index contributed by atoms with van der Waals surface area (Å²) in [5, 5.41) is 14.5. The van der Waals surface area contributed by atoms with Crippen LogP contribution in [-0.4, -0.2) is 23.5 Å². The van der Waals surface area contributed by atoms with Crippen LogP contribution in [0.3, 0.4) is 0 Å². The number of hydrogen-bond acceptors (Lipinski definition) is 5. The smallest absolute Gasteiger partial charge is 0.237 e. The van der Waals surface area contributed by atoms with Crippen molar-refractivity contribution in [1.82, 2.24) is 5.32 Å². The van der Waals surface area contributed by atoms with E-state index >= 15 is 0 Å². The van der Waals surface area contributed by atoms with Gasteiger partial charge in [0.1, 0.15) is 0 Å². The summed E-state index contributed by atoms with van der Waals surface area (Å²) >= 11 is 7.36. The number of thioether (sulfide) groups is 1. The molecule has 0 saturated heterocycles. The lowest BCUT2D eigenvalue weighted by molar-refractivity contribution is -0.116. The number of benzene rings is 2. The fourth-order valence-electron chi connectivity index (χ4n) is 4.63. The standard InChI is InChI=1S/C26H24ClN3O2S/c1-15-12-19-6-4-5-7-22(19)30(15)23(32)14-33-26-21(13-28)25(18-8-10-20(27)11-9-18)24(17(3)31)16(2)29-26/h4-11,15,25,29H,12,14H2,1-3H3/t15-,25+/m0/s1. The largest absolute Gasteiger partial charge is 0.353 e. The van der Waals surface area contributed by atoms with Crippen LogP contribution in [0.4, 0.5) is 5.69 Å². The van der Waals surface area contributed by atoms with E-state index in [0.29, 0.717) is 26.9 Å². The molecule has 2 aromatic rings. The summed E-state index contributed by atoms with van der Waals surface area (Å²) in [5.41, 5.74) is 4.61. The van der Waals surface area contributed by atoms with E-state index in [4.69, 9.17) is 11.6 Å². The molecular formula is C26H24ClN3O2S. The van der Waals surface area contributed by atoms with Gasteiger partial charge in [0, 0.05) is 28.0 Å². The molecule has 168 valence electrons. The maximum atomic E-state index is 13.2. The first-order valence-corrected chi connectivity index (χ1v) is 12.1. The highest BCUT2D eigenvalue weighted by Crippen LogP contribution is 2.41. The Morgan fingerprint density at radius 3 is 2.58 bits per heavy atom. The highest BCUT2D eigenvalue weighted by molar-refractivity contribution is 8.03. The first-order chi connectivity index (χ1) is 15.8. The molecule has 2 heterocycles. The molecule has 0 saturated carbocycles. The Balaban J connectivity index is 1.63. The molecule has 0 radical (unpaired) electrons. The second kappa shape index (κ2) is 9.46. The molecule has 1 amide bonds. The van der Waals surface area contributed by atoms with E-state index in [1.165, 1.54) is 24.2 Å². The van der Waals surface area contributed by atoms with Crippen molar-refractivity contribution in [2.75, 3.05) is 10.7 Å². The monoisotopic (exact) mass is 477 g/mol. The molecule has 7 heteroatoms. The van der Waals surface area contributed by atoms with Crippen LogP contribution in [-0.2, 0) is 16.0 Å². The van der Waals surface area contributed by atoms with Crippen molar-refractivity contribution in [3.63, 3.8) is 0 Å².